The van der Waals surface area contributed by atoms with Crippen molar-refractivity contribution in [1.82, 2.24) is 24.7 Å². The monoisotopic (exact) mass is 443 g/mol. The molecule has 2 aromatic carbocycles. The molecule has 3 heterocycles. The van der Waals surface area contributed by atoms with Crippen molar-refractivity contribution in [2.24, 2.45) is 0 Å². The zero-order valence-electron chi connectivity index (χ0n) is 19.1. The smallest absolute Gasteiger partial charge is 0.133 e. The molecular weight excluding hydrogens is 414 g/mol. The molecule has 0 radical (unpaired) electrons. The fourth-order valence-corrected chi connectivity index (χ4v) is 4.30. The van der Waals surface area contributed by atoms with E-state index in [9.17, 15) is 0 Å². The van der Waals surface area contributed by atoms with Crippen molar-refractivity contribution in [3.8, 4) is 22.7 Å². The number of nitrogens with zero attached hydrogens (tertiary/aromatic N) is 5. The van der Waals surface area contributed by atoms with Gasteiger partial charge in [-0.25, -0.2) is 4.68 Å². The summed E-state index contributed by atoms with van der Waals surface area (Å²) in [4.78, 5) is 4.94. The summed E-state index contributed by atoms with van der Waals surface area (Å²) in [5.74, 6) is 1.71. The molecule has 0 saturated carbocycles. The zero-order valence-corrected chi connectivity index (χ0v) is 19.1. The van der Waals surface area contributed by atoms with Gasteiger partial charge in [0, 0.05) is 62.7 Å². The fraction of sp³-hybridized carbons (Fsp3) is 0.308. The number of hydrogen-bond acceptors (Lipinski definition) is 6. The van der Waals surface area contributed by atoms with Crippen LogP contribution in [0.15, 0.2) is 71.4 Å². The first kappa shape index (κ1) is 21.4. The summed E-state index contributed by atoms with van der Waals surface area (Å²) in [6.45, 7) is 7.68. The molecule has 1 aliphatic rings. The number of ether oxygens (including phenoxy) is 1. The van der Waals surface area contributed by atoms with E-state index in [-0.39, 0.29) is 0 Å². The van der Waals surface area contributed by atoms with E-state index in [1.165, 1.54) is 5.56 Å². The number of aromatic nitrogens is 3. The van der Waals surface area contributed by atoms with Gasteiger partial charge in [-0.2, -0.15) is 5.10 Å². The topological polar surface area (TPSA) is 59.6 Å². The molecule has 0 atom stereocenters. The summed E-state index contributed by atoms with van der Waals surface area (Å²) >= 11 is 0. The molecule has 0 spiro atoms. The summed E-state index contributed by atoms with van der Waals surface area (Å²) in [5, 5.41) is 9.10. The first-order valence-corrected chi connectivity index (χ1v) is 11.3. The molecular formula is C26H29N5O2. The van der Waals surface area contributed by atoms with E-state index in [4.69, 9.17) is 14.4 Å². The summed E-state index contributed by atoms with van der Waals surface area (Å²) in [7, 11) is 1.69. The normalized spacial score (nSPS) is 15.1. The molecule has 0 unspecified atom stereocenters. The molecule has 4 aromatic rings. The van der Waals surface area contributed by atoms with E-state index in [1.54, 1.807) is 7.11 Å². The summed E-state index contributed by atoms with van der Waals surface area (Å²) in [6.07, 6.45) is 2.17. The van der Waals surface area contributed by atoms with Crippen molar-refractivity contribution in [3.63, 3.8) is 0 Å². The third kappa shape index (κ3) is 4.99. The average Bonchev–Trinajstić information content (AvgIpc) is 3.47. The van der Waals surface area contributed by atoms with E-state index in [0.29, 0.717) is 0 Å². The molecule has 170 valence electrons. The third-order valence-electron chi connectivity index (χ3n) is 6.10. The van der Waals surface area contributed by atoms with E-state index >= 15 is 0 Å². The Hall–Kier alpha value is -3.42. The van der Waals surface area contributed by atoms with Crippen molar-refractivity contribution in [2.45, 2.75) is 20.0 Å². The standard InChI is InChI=1S/C26H29N5O2/c1-20-16-23(28-33-20)19-30-14-12-29(13-15-30)17-22-18-31(24-6-4-3-5-7-24)27-26(22)21-8-10-25(32-2)11-9-21/h3-11,16,18H,12-15,17,19H2,1-2H3. The fourth-order valence-electron chi connectivity index (χ4n) is 4.30. The lowest BCUT2D eigenvalue weighted by Crippen LogP contribution is -2.45. The lowest BCUT2D eigenvalue weighted by Gasteiger charge is -2.34. The highest BCUT2D eigenvalue weighted by Gasteiger charge is 2.21. The molecule has 1 aliphatic heterocycles. The second-order valence-corrected chi connectivity index (χ2v) is 8.49. The number of methoxy groups -OCH3 is 1. The molecule has 7 heteroatoms. The third-order valence-corrected chi connectivity index (χ3v) is 6.10. The number of piperazine rings is 1. The van der Waals surface area contributed by atoms with E-state index in [0.717, 1.165) is 73.4 Å². The lowest BCUT2D eigenvalue weighted by atomic mass is 10.1. The second-order valence-electron chi connectivity index (χ2n) is 8.49. The Morgan fingerprint density at radius 1 is 0.909 bits per heavy atom. The minimum Gasteiger partial charge on any atom is -0.497 e. The Labute approximate surface area is 194 Å². The summed E-state index contributed by atoms with van der Waals surface area (Å²) in [5.41, 5.74) is 5.41. The minimum atomic E-state index is 0.841. The van der Waals surface area contributed by atoms with Gasteiger partial charge in [-0.1, -0.05) is 23.4 Å². The predicted molar refractivity (Wildman–Crippen MR) is 127 cm³/mol. The molecule has 7 nitrogen and oxygen atoms in total. The molecule has 0 amide bonds. The Kier molecular flexibility index (Phi) is 6.24. The summed E-state index contributed by atoms with van der Waals surface area (Å²) in [6, 6.07) is 20.4. The molecule has 2 aromatic heterocycles. The van der Waals surface area contributed by atoms with Gasteiger partial charge in [0.05, 0.1) is 24.2 Å². The highest BCUT2D eigenvalue weighted by Crippen LogP contribution is 2.27. The number of aryl methyl sites for hydroxylation is 1. The van der Waals surface area contributed by atoms with Crippen LogP contribution in [0, 0.1) is 6.92 Å². The first-order chi connectivity index (χ1) is 16.2. The molecule has 1 saturated heterocycles. The van der Waals surface area contributed by atoms with E-state index in [1.807, 2.05) is 48.0 Å². The minimum absolute atomic E-state index is 0.841. The van der Waals surface area contributed by atoms with Crippen LogP contribution < -0.4 is 4.74 Å². The van der Waals surface area contributed by atoms with Crippen LogP contribution >= 0.6 is 0 Å². The molecule has 1 fully saturated rings. The Morgan fingerprint density at radius 2 is 1.61 bits per heavy atom. The van der Waals surface area contributed by atoms with E-state index < -0.39 is 0 Å². The van der Waals surface area contributed by atoms with Crippen molar-refractivity contribution >= 4 is 0 Å². The average molecular weight is 444 g/mol. The lowest BCUT2D eigenvalue weighted by molar-refractivity contribution is 0.120. The van der Waals surface area contributed by atoms with Crippen molar-refractivity contribution in [3.05, 3.63) is 83.9 Å². The molecule has 5 rings (SSSR count). The Morgan fingerprint density at radius 3 is 2.24 bits per heavy atom. The van der Waals surface area contributed by atoms with Gasteiger partial charge in [-0.3, -0.25) is 9.80 Å². The summed E-state index contributed by atoms with van der Waals surface area (Å²) < 4.78 is 12.5. The van der Waals surface area contributed by atoms with Crippen molar-refractivity contribution in [1.29, 1.82) is 0 Å². The van der Waals surface area contributed by atoms with E-state index in [2.05, 4.69) is 45.4 Å². The largest absolute Gasteiger partial charge is 0.497 e. The molecule has 33 heavy (non-hydrogen) atoms. The predicted octanol–water partition coefficient (Wildman–Crippen LogP) is 4.16. The van der Waals surface area contributed by atoms with Crippen LogP contribution in [0.5, 0.6) is 5.75 Å². The molecule has 0 bridgehead atoms. The van der Waals surface area contributed by atoms with Gasteiger partial charge in [0.2, 0.25) is 0 Å². The highest BCUT2D eigenvalue weighted by molar-refractivity contribution is 5.64. The van der Waals surface area contributed by atoms with Crippen LogP contribution in [0.4, 0.5) is 0 Å². The van der Waals surface area contributed by atoms with Gasteiger partial charge >= 0.3 is 0 Å². The quantitative estimate of drug-likeness (QED) is 0.427. The SMILES string of the molecule is COc1ccc(-c2nn(-c3ccccc3)cc2CN2CCN(Cc3cc(C)on3)CC2)cc1. The van der Waals surface area contributed by atoms with Crippen LogP contribution in [0.1, 0.15) is 17.0 Å². The van der Waals surface area contributed by atoms with Crippen LogP contribution in [0.3, 0.4) is 0 Å². The number of para-hydroxylation sites is 1. The Balaban J connectivity index is 1.33. The molecule has 0 N–H and O–H groups in total. The van der Waals surface area contributed by atoms with Crippen LogP contribution in [-0.2, 0) is 13.1 Å². The van der Waals surface area contributed by atoms with Gasteiger partial charge < -0.3 is 9.26 Å². The second kappa shape index (κ2) is 9.60. The van der Waals surface area contributed by atoms with Gasteiger partial charge in [-0.15, -0.1) is 0 Å². The highest BCUT2D eigenvalue weighted by atomic mass is 16.5. The Bertz CT molecular complexity index is 1180. The van der Waals surface area contributed by atoms with Crippen LogP contribution in [-0.4, -0.2) is 58.0 Å². The van der Waals surface area contributed by atoms with Gasteiger partial charge in [0.15, 0.2) is 0 Å². The first-order valence-electron chi connectivity index (χ1n) is 11.3. The van der Waals surface area contributed by atoms with Crippen LogP contribution in [0.25, 0.3) is 16.9 Å². The van der Waals surface area contributed by atoms with Crippen molar-refractivity contribution in [2.75, 3.05) is 33.3 Å². The van der Waals surface area contributed by atoms with Crippen LogP contribution in [0.2, 0.25) is 0 Å². The number of benzene rings is 2. The molecule has 0 aliphatic carbocycles. The van der Waals surface area contributed by atoms with Crippen molar-refractivity contribution < 1.29 is 9.26 Å². The maximum Gasteiger partial charge on any atom is 0.133 e. The maximum atomic E-state index is 5.34. The van der Waals surface area contributed by atoms with Gasteiger partial charge in [0.25, 0.3) is 0 Å². The number of hydrogen-bond donors (Lipinski definition) is 0. The zero-order chi connectivity index (χ0) is 22.6. The van der Waals surface area contributed by atoms with Gasteiger partial charge in [-0.05, 0) is 43.3 Å². The number of rotatable bonds is 7. The maximum absolute atomic E-state index is 5.34. The van der Waals surface area contributed by atoms with Gasteiger partial charge in [0.1, 0.15) is 11.5 Å².